The van der Waals surface area contributed by atoms with Crippen molar-refractivity contribution in [3.63, 3.8) is 0 Å². The van der Waals surface area contributed by atoms with Gasteiger partial charge in [-0.2, -0.15) is 0 Å². The van der Waals surface area contributed by atoms with Crippen LogP contribution in [0.5, 0.6) is 11.5 Å². The molecule has 0 amide bonds. The second-order valence-corrected chi connectivity index (χ2v) is 6.96. The van der Waals surface area contributed by atoms with Crippen LogP contribution in [0.3, 0.4) is 0 Å². The molecule has 26 heavy (non-hydrogen) atoms. The van der Waals surface area contributed by atoms with E-state index in [-0.39, 0.29) is 18.5 Å². The Morgan fingerprint density at radius 1 is 1.12 bits per heavy atom. The second-order valence-electron chi connectivity index (χ2n) is 6.96. The van der Waals surface area contributed by atoms with E-state index in [9.17, 15) is 20.1 Å². The molecule has 2 fully saturated rings. The van der Waals surface area contributed by atoms with Crippen molar-refractivity contribution in [3.05, 3.63) is 23.8 Å². The maximum Gasteiger partial charge on any atom is 0.314 e. The topological polar surface area (TPSA) is 105 Å². The zero-order valence-corrected chi connectivity index (χ0v) is 14.8. The Hall–Kier alpha value is -1.67. The maximum absolute atomic E-state index is 12.4. The number of ether oxygens (including phenoxy) is 3. The van der Waals surface area contributed by atoms with E-state index in [1.54, 1.807) is 18.2 Å². The minimum atomic E-state index is -1.33. The van der Waals surface area contributed by atoms with Gasteiger partial charge in [-0.25, -0.2) is 0 Å². The molecule has 1 saturated heterocycles. The van der Waals surface area contributed by atoms with Crippen LogP contribution < -0.4 is 9.47 Å². The van der Waals surface area contributed by atoms with Gasteiger partial charge in [0.05, 0.1) is 19.6 Å². The van der Waals surface area contributed by atoms with Gasteiger partial charge < -0.3 is 29.5 Å². The third kappa shape index (κ3) is 4.01. The quantitative estimate of drug-likeness (QED) is 0.545. The van der Waals surface area contributed by atoms with E-state index in [4.69, 9.17) is 14.2 Å². The predicted octanol–water partition coefficient (Wildman–Crippen LogP) is 1.33. The summed E-state index contributed by atoms with van der Waals surface area (Å²) in [6, 6.07) is 4.84. The van der Waals surface area contributed by atoms with Crippen molar-refractivity contribution in [2.45, 2.75) is 56.5 Å². The summed E-state index contributed by atoms with van der Waals surface area (Å²) >= 11 is 0. The highest BCUT2D eigenvalue weighted by molar-refractivity contribution is 5.75. The van der Waals surface area contributed by atoms with Gasteiger partial charge in [0.2, 0.25) is 0 Å². The zero-order chi connectivity index (χ0) is 18.7. The average Bonchev–Trinajstić information content (AvgIpc) is 2.67. The lowest BCUT2D eigenvalue weighted by Crippen LogP contribution is -2.49. The number of methoxy groups -OCH3 is 1. The van der Waals surface area contributed by atoms with E-state index in [1.807, 2.05) is 0 Å². The van der Waals surface area contributed by atoms with Gasteiger partial charge in [-0.1, -0.05) is 19.3 Å². The Morgan fingerprint density at radius 3 is 2.54 bits per heavy atom. The van der Waals surface area contributed by atoms with Crippen LogP contribution in [0.2, 0.25) is 0 Å². The molecule has 1 heterocycles. The van der Waals surface area contributed by atoms with E-state index in [0.717, 1.165) is 32.1 Å². The molecule has 3 N–H and O–H groups in total. The minimum absolute atomic E-state index is 0.0807. The molecule has 7 nitrogen and oxygen atoms in total. The molecule has 1 aliphatic carbocycles. The highest BCUT2D eigenvalue weighted by Gasteiger charge is 2.39. The molecule has 0 spiro atoms. The number of benzene rings is 1. The van der Waals surface area contributed by atoms with Gasteiger partial charge in [-0.3, -0.25) is 4.79 Å². The molecule has 2 aliphatic rings. The smallest absolute Gasteiger partial charge is 0.314 e. The van der Waals surface area contributed by atoms with Gasteiger partial charge in [0.1, 0.15) is 35.9 Å². The number of carbonyl (C=O) groups is 1. The number of hydrogen-bond acceptors (Lipinski definition) is 7. The average molecular weight is 366 g/mol. The first-order valence-corrected chi connectivity index (χ1v) is 9.06. The van der Waals surface area contributed by atoms with Crippen LogP contribution in [0.1, 0.15) is 43.8 Å². The second kappa shape index (κ2) is 8.35. The summed E-state index contributed by atoms with van der Waals surface area (Å²) in [6.45, 7) is -0.113. The molecule has 1 aromatic rings. The van der Waals surface area contributed by atoms with Gasteiger partial charge in [0, 0.05) is 5.56 Å². The molecule has 7 heteroatoms. The van der Waals surface area contributed by atoms with Crippen molar-refractivity contribution in [1.82, 2.24) is 0 Å². The van der Waals surface area contributed by atoms with E-state index in [2.05, 4.69) is 0 Å². The molecule has 3 rings (SSSR count). The number of carbonyl (C=O) groups excluding carboxylic acids is 1. The van der Waals surface area contributed by atoms with Gasteiger partial charge in [-0.05, 0) is 31.0 Å². The van der Waals surface area contributed by atoms with E-state index < -0.39 is 24.4 Å². The van der Waals surface area contributed by atoms with Gasteiger partial charge in [0.25, 0.3) is 0 Å². The van der Waals surface area contributed by atoms with E-state index in [1.165, 1.54) is 7.11 Å². The van der Waals surface area contributed by atoms with E-state index >= 15 is 0 Å². The first-order chi connectivity index (χ1) is 12.5. The Kier molecular flexibility index (Phi) is 6.13. The maximum atomic E-state index is 12.4. The van der Waals surface area contributed by atoms with Crippen LogP contribution >= 0.6 is 0 Å². The van der Waals surface area contributed by atoms with Gasteiger partial charge in [-0.15, -0.1) is 0 Å². The van der Waals surface area contributed by atoms with Crippen LogP contribution in [0.15, 0.2) is 18.2 Å². The first-order valence-electron chi connectivity index (χ1n) is 9.06. The lowest BCUT2D eigenvalue weighted by Gasteiger charge is -2.36. The first kappa shape index (κ1) is 19.1. The number of aliphatic hydroxyl groups excluding tert-OH is 3. The number of rotatable bonds is 4. The monoisotopic (exact) mass is 366 g/mol. The Labute approximate surface area is 152 Å². The molecule has 1 aromatic carbocycles. The van der Waals surface area contributed by atoms with Crippen molar-refractivity contribution < 1.29 is 34.3 Å². The molecule has 0 unspecified atom stereocenters. The molecule has 1 saturated carbocycles. The zero-order valence-electron chi connectivity index (χ0n) is 14.8. The summed E-state index contributed by atoms with van der Waals surface area (Å²) in [7, 11) is 1.48. The molecule has 4 atom stereocenters. The highest BCUT2D eigenvalue weighted by Crippen LogP contribution is 2.37. The highest BCUT2D eigenvalue weighted by atomic mass is 16.5. The van der Waals surface area contributed by atoms with Crippen molar-refractivity contribution in [1.29, 1.82) is 0 Å². The molecular formula is C19H26O7. The molecule has 0 aromatic heterocycles. The molecular weight excluding hydrogens is 340 g/mol. The fraction of sp³-hybridized carbons (Fsp3) is 0.632. The van der Waals surface area contributed by atoms with Crippen molar-refractivity contribution >= 4 is 5.97 Å². The fourth-order valence-corrected chi connectivity index (χ4v) is 3.62. The van der Waals surface area contributed by atoms with Gasteiger partial charge >= 0.3 is 5.97 Å². The molecule has 1 aliphatic heterocycles. The standard InChI is InChI=1S/C19H26O7/c1-24-15-8-7-12(26-19(23)11-5-3-2-4-6-11)9-13(15)18-17(22)16(21)14(20)10-25-18/h7-9,11,14,16-18,20-22H,2-6,10H2,1H3/t14-,16+,17-,18+/m1/s1. The largest absolute Gasteiger partial charge is 0.496 e. The lowest BCUT2D eigenvalue weighted by molar-refractivity contribution is -0.189. The normalized spacial score (nSPS) is 30.0. The van der Waals surface area contributed by atoms with Crippen LogP contribution in [0.4, 0.5) is 0 Å². The SMILES string of the molecule is COc1ccc(OC(=O)C2CCCCC2)cc1[C@@H]1OC[C@@H](O)[C@H](O)[C@H]1O. The molecule has 0 bridgehead atoms. The van der Waals surface area contributed by atoms with Crippen LogP contribution in [0, 0.1) is 5.92 Å². The van der Waals surface area contributed by atoms with Crippen LogP contribution in [0.25, 0.3) is 0 Å². The summed E-state index contributed by atoms with van der Waals surface area (Å²) < 4.78 is 16.3. The number of hydrogen-bond donors (Lipinski definition) is 3. The van der Waals surface area contributed by atoms with Gasteiger partial charge in [0.15, 0.2) is 0 Å². The van der Waals surface area contributed by atoms with E-state index in [0.29, 0.717) is 17.1 Å². The third-order valence-corrected chi connectivity index (χ3v) is 5.17. The number of esters is 1. The molecule has 144 valence electrons. The Bertz CT molecular complexity index is 626. The minimum Gasteiger partial charge on any atom is -0.496 e. The van der Waals surface area contributed by atoms with Crippen LogP contribution in [-0.4, -0.2) is 53.3 Å². The summed E-state index contributed by atoms with van der Waals surface area (Å²) in [4.78, 5) is 12.4. The van der Waals surface area contributed by atoms with Crippen molar-refractivity contribution in [3.8, 4) is 11.5 Å². The Balaban J connectivity index is 1.79. The summed E-state index contributed by atoms with van der Waals surface area (Å²) in [5, 5.41) is 29.8. The summed E-state index contributed by atoms with van der Waals surface area (Å²) in [5.74, 6) is 0.451. The van der Waals surface area contributed by atoms with Crippen molar-refractivity contribution in [2.75, 3.05) is 13.7 Å². The fourth-order valence-electron chi connectivity index (χ4n) is 3.62. The summed E-state index contributed by atoms with van der Waals surface area (Å²) in [6.07, 6.45) is 0.223. The van der Waals surface area contributed by atoms with Crippen LogP contribution in [-0.2, 0) is 9.53 Å². The number of aliphatic hydroxyl groups is 3. The predicted molar refractivity (Wildman–Crippen MR) is 91.9 cm³/mol. The Morgan fingerprint density at radius 2 is 1.85 bits per heavy atom. The third-order valence-electron chi connectivity index (χ3n) is 5.17. The van der Waals surface area contributed by atoms with Crippen molar-refractivity contribution in [2.24, 2.45) is 5.92 Å². The summed E-state index contributed by atoms with van der Waals surface area (Å²) in [5.41, 5.74) is 0.458. The lowest BCUT2D eigenvalue weighted by atomic mass is 9.89. The molecule has 0 radical (unpaired) electrons.